The number of piperidine rings is 1. The highest BCUT2D eigenvalue weighted by Crippen LogP contribution is 2.31. The molecule has 0 bridgehead atoms. The summed E-state index contributed by atoms with van der Waals surface area (Å²) < 4.78 is 35.1. The molecule has 2 aliphatic rings. The van der Waals surface area contributed by atoms with Crippen LogP contribution in [0.3, 0.4) is 0 Å². The molecule has 1 atom stereocenters. The molecule has 2 fully saturated rings. The van der Waals surface area contributed by atoms with Gasteiger partial charge in [0, 0.05) is 42.4 Å². The third kappa shape index (κ3) is 5.61. The summed E-state index contributed by atoms with van der Waals surface area (Å²) in [5.41, 5.74) is 0.991. The maximum atomic E-state index is 13.2. The Hall–Kier alpha value is -2.86. The molecule has 202 valence electrons. The number of benzene rings is 2. The first-order valence-corrected chi connectivity index (χ1v) is 15.1. The Morgan fingerprint density at radius 2 is 1.87 bits per heavy atom. The number of nitrogens with one attached hydrogen (secondary N) is 1. The fraction of sp³-hybridized carbons (Fsp3) is 0.385. The van der Waals surface area contributed by atoms with Crippen molar-refractivity contribution in [2.45, 2.75) is 23.1 Å². The minimum Gasteiger partial charge on any atom is -0.495 e. The van der Waals surface area contributed by atoms with Gasteiger partial charge in [-0.2, -0.15) is 4.72 Å². The van der Waals surface area contributed by atoms with E-state index in [1.165, 1.54) is 4.90 Å². The molecule has 5 rings (SSSR count). The number of thiophene rings is 1. The molecule has 0 spiro atoms. The molecule has 2 amide bonds. The average molecular weight is 577 g/mol. The lowest BCUT2D eigenvalue weighted by atomic mass is 10.1. The first-order chi connectivity index (χ1) is 18.2. The summed E-state index contributed by atoms with van der Waals surface area (Å²) in [6.07, 6.45) is 0.993. The van der Waals surface area contributed by atoms with E-state index in [-0.39, 0.29) is 22.6 Å². The summed E-state index contributed by atoms with van der Waals surface area (Å²) in [6.45, 7) is 2.74. The number of para-hydroxylation sites is 2. The van der Waals surface area contributed by atoms with Crippen LogP contribution in [0.2, 0.25) is 5.02 Å². The Kier molecular flexibility index (Phi) is 7.80. The van der Waals surface area contributed by atoms with Gasteiger partial charge in [0.2, 0.25) is 11.8 Å². The summed E-state index contributed by atoms with van der Waals surface area (Å²) in [5, 5.41) is 1.26. The normalized spacial score (nSPS) is 18.7. The molecule has 2 aromatic carbocycles. The second-order valence-corrected chi connectivity index (χ2v) is 12.8. The number of carbonyl (C=O) groups excluding carboxylic acids is 2. The summed E-state index contributed by atoms with van der Waals surface area (Å²) in [5.74, 6) is 0.284. The number of fused-ring (bicyclic) bond motifs is 1. The number of likely N-dealkylation sites (tertiary alicyclic amines) is 1. The summed E-state index contributed by atoms with van der Waals surface area (Å²) >= 11 is 7.16. The van der Waals surface area contributed by atoms with Crippen molar-refractivity contribution in [3.8, 4) is 5.75 Å². The molecule has 3 aromatic rings. The van der Waals surface area contributed by atoms with Crippen molar-refractivity contribution in [2.75, 3.05) is 51.3 Å². The number of hydrogen-bond donors (Lipinski definition) is 1. The van der Waals surface area contributed by atoms with Crippen LogP contribution in [0, 0.1) is 0 Å². The first-order valence-electron chi connectivity index (χ1n) is 12.4. The number of hydrogen-bond acceptors (Lipinski definition) is 7. The molecule has 1 aromatic heterocycles. The van der Waals surface area contributed by atoms with E-state index in [9.17, 15) is 18.0 Å². The largest absolute Gasteiger partial charge is 0.495 e. The Morgan fingerprint density at radius 3 is 2.63 bits per heavy atom. The maximum Gasteiger partial charge on any atom is 0.250 e. The fourth-order valence-corrected chi connectivity index (χ4v) is 7.72. The van der Waals surface area contributed by atoms with Crippen LogP contribution in [-0.4, -0.2) is 82.5 Å². The van der Waals surface area contributed by atoms with Crippen LogP contribution < -0.4 is 14.4 Å². The molecule has 2 saturated heterocycles. The van der Waals surface area contributed by atoms with Gasteiger partial charge in [-0.3, -0.25) is 9.59 Å². The minimum atomic E-state index is -3.91. The van der Waals surface area contributed by atoms with E-state index in [4.69, 9.17) is 16.3 Å². The van der Waals surface area contributed by atoms with Crippen molar-refractivity contribution < 1.29 is 22.7 Å². The Bertz CT molecular complexity index is 1450. The number of amides is 2. The minimum absolute atomic E-state index is 0.0624. The Balaban J connectivity index is 1.19. The van der Waals surface area contributed by atoms with Crippen LogP contribution in [0.4, 0.5) is 5.69 Å². The number of rotatable bonds is 7. The topological polar surface area (TPSA) is 99.3 Å². The number of nitrogens with zero attached hydrogens (tertiary/aromatic N) is 3. The highest BCUT2D eigenvalue weighted by Gasteiger charge is 2.35. The van der Waals surface area contributed by atoms with Gasteiger partial charge in [-0.15, -0.1) is 11.3 Å². The predicted molar refractivity (Wildman–Crippen MR) is 149 cm³/mol. The Labute approximate surface area is 231 Å². The lowest BCUT2D eigenvalue weighted by Crippen LogP contribution is -2.56. The molecule has 0 aliphatic carbocycles. The van der Waals surface area contributed by atoms with Gasteiger partial charge in [0.1, 0.15) is 16.0 Å². The molecule has 9 nitrogen and oxygen atoms in total. The van der Waals surface area contributed by atoms with Gasteiger partial charge in [0.15, 0.2) is 0 Å². The second kappa shape index (κ2) is 11.1. The third-order valence-electron chi connectivity index (χ3n) is 6.93. The van der Waals surface area contributed by atoms with Gasteiger partial charge >= 0.3 is 0 Å². The Morgan fingerprint density at radius 1 is 1.11 bits per heavy atom. The van der Waals surface area contributed by atoms with E-state index in [0.717, 1.165) is 32.9 Å². The number of halogens is 1. The average Bonchev–Trinajstić information content (AvgIpc) is 3.35. The van der Waals surface area contributed by atoms with Crippen molar-refractivity contribution in [2.24, 2.45) is 0 Å². The summed E-state index contributed by atoms with van der Waals surface area (Å²) in [6, 6.07) is 13.6. The molecule has 0 saturated carbocycles. The SMILES string of the molecule is COc1ccccc1N1CCN(C(=O)CN2CCC[C@H](NS(=O)(=O)c3cc4cc(Cl)ccc4s3)C2=O)CC1. The van der Waals surface area contributed by atoms with E-state index in [2.05, 4.69) is 9.62 Å². The molecule has 2 aliphatic heterocycles. The van der Waals surface area contributed by atoms with Crippen LogP contribution in [0.15, 0.2) is 52.7 Å². The first kappa shape index (κ1) is 26.7. The quantitative estimate of drug-likeness (QED) is 0.464. The number of anilines is 1. The van der Waals surface area contributed by atoms with Crippen molar-refractivity contribution in [1.29, 1.82) is 0 Å². The van der Waals surface area contributed by atoms with E-state index in [1.807, 2.05) is 24.3 Å². The number of sulfonamides is 1. The molecule has 0 unspecified atom stereocenters. The van der Waals surface area contributed by atoms with Crippen LogP contribution in [0.5, 0.6) is 5.75 Å². The van der Waals surface area contributed by atoms with Gasteiger partial charge in [-0.25, -0.2) is 8.42 Å². The molecule has 1 N–H and O–H groups in total. The number of methoxy groups -OCH3 is 1. The smallest absolute Gasteiger partial charge is 0.250 e. The van der Waals surface area contributed by atoms with Crippen molar-refractivity contribution in [3.05, 3.63) is 53.6 Å². The second-order valence-electron chi connectivity index (χ2n) is 9.36. The van der Waals surface area contributed by atoms with Crippen LogP contribution in [0.25, 0.3) is 10.1 Å². The summed E-state index contributed by atoms with van der Waals surface area (Å²) in [7, 11) is -2.27. The number of ether oxygens (including phenoxy) is 1. The van der Waals surface area contributed by atoms with Gasteiger partial charge in [-0.05, 0) is 54.6 Å². The van der Waals surface area contributed by atoms with Crippen LogP contribution in [0.1, 0.15) is 12.8 Å². The summed E-state index contributed by atoms with van der Waals surface area (Å²) in [4.78, 5) is 31.6. The standard InChI is InChI=1S/C26H29ClN4O5S2/c1-36-22-7-3-2-6-21(22)29-11-13-30(14-12-29)24(32)17-31-10-4-5-20(26(31)33)28-38(34,35)25-16-18-15-19(27)8-9-23(18)37-25/h2-3,6-9,15-16,20,28H,4-5,10-14,17H2,1H3/t20-/m0/s1. The molecular formula is C26H29ClN4O5S2. The van der Waals surface area contributed by atoms with Crippen LogP contribution >= 0.6 is 22.9 Å². The third-order valence-corrected chi connectivity index (χ3v) is 10.2. The lowest BCUT2D eigenvalue weighted by molar-refractivity contribution is -0.143. The van der Waals surface area contributed by atoms with Crippen molar-refractivity contribution in [1.82, 2.24) is 14.5 Å². The zero-order valence-corrected chi connectivity index (χ0v) is 23.3. The van der Waals surface area contributed by atoms with E-state index < -0.39 is 16.1 Å². The fourth-order valence-electron chi connectivity index (χ4n) is 4.93. The highest BCUT2D eigenvalue weighted by molar-refractivity contribution is 7.91. The van der Waals surface area contributed by atoms with Gasteiger partial charge in [0.05, 0.1) is 19.3 Å². The zero-order chi connectivity index (χ0) is 26.9. The highest BCUT2D eigenvalue weighted by atomic mass is 35.5. The molecule has 0 radical (unpaired) electrons. The van der Waals surface area contributed by atoms with Gasteiger partial charge in [0.25, 0.3) is 10.0 Å². The monoisotopic (exact) mass is 576 g/mol. The number of carbonyl (C=O) groups is 2. The molecule has 3 heterocycles. The van der Waals surface area contributed by atoms with Gasteiger partial charge < -0.3 is 19.4 Å². The van der Waals surface area contributed by atoms with E-state index in [1.54, 1.807) is 36.3 Å². The molecular weight excluding hydrogens is 548 g/mol. The lowest BCUT2D eigenvalue weighted by Gasteiger charge is -2.38. The van der Waals surface area contributed by atoms with E-state index in [0.29, 0.717) is 50.6 Å². The van der Waals surface area contributed by atoms with Crippen molar-refractivity contribution in [3.63, 3.8) is 0 Å². The van der Waals surface area contributed by atoms with Gasteiger partial charge in [-0.1, -0.05) is 23.7 Å². The zero-order valence-electron chi connectivity index (χ0n) is 20.9. The molecule has 38 heavy (non-hydrogen) atoms. The van der Waals surface area contributed by atoms with Crippen LogP contribution in [-0.2, 0) is 19.6 Å². The maximum absolute atomic E-state index is 13.2. The van der Waals surface area contributed by atoms with Crippen molar-refractivity contribution >= 4 is 60.5 Å². The molecule has 12 heteroatoms. The number of piperazine rings is 1. The predicted octanol–water partition coefficient (Wildman–Crippen LogP) is 3.18. The van der Waals surface area contributed by atoms with E-state index >= 15 is 0 Å².